The van der Waals surface area contributed by atoms with E-state index in [9.17, 15) is 14.0 Å². The van der Waals surface area contributed by atoms with Crippen molar-refractivity contribution in [2.75, 3.05) is 13.6 Å². The smallest absolute Gasteiger partial charge is 0.269 e. The topological polar surface area (TPSA) is 101 Å². The van der Waals surface area contributed by atoms with Gasteiger partial charge in [0.25, 0.3) is 17.7 Å². The van der Waals surface area contributed by atoms with Gasteiger partial charge in [0.15, 0.2) is 0 Å². The first-order chi connectivity index (χ1) is 14.6. The summed E-state index contributed by atoms with van der Waals surface area (Å²) >= 11 is 0. The average molecular weight is 409 g/mol. The Labute approximate surface area is 172 Å². The lowest BCUT2D eigenvalue weighted by Gasteiger charge is -2.33. The molecule has 0 spiro atoms. The first-order valence-electron chi connectivity index (χ1n) is 9.66. The molecule has 4 rings (SSSR count). The lowest BCUT2D eigenvalue weighted by atomic mass is 10.0. The van der Waals surface area contributed by atoms with Crippen molar-refractivity contribution in [3.05, 3.63) is 65.6 Å². The van der Waals surface area contributed by atoms with Gasteiger partial charge in [-0.2, -0.15) is 0 Å². The van der Waals surface area contributed by atoms with Crippen LogP contribution in [-0.2, 0) is 0 Å². The molecule has 0 bridgehead atoms. The van der Waals surface area contributed by atoms with Crippen molar-refractivity contribution in [2.24, 2.45) is 0 Å². The molecular formula is C21H20FN5O3. The van der Waals surface area contributed by atoms with Crippen molar-refractivity contribution < 1.29 is 18.4 Å². The van der Waals surface area contributed by atoms with Gasteiger partial charge in [-0.15, -0.1) is 10.2 Å². The Balaban J connectivity index is 1.58. The highest BCUT2D eigenvalue weighted by molar-refractivity contribution is 5.96. The van der Waals surface area contributed by atoms with Crippen LogP contribution in [-0.4, -0.2) is 45.5 Å². The normalized spacial score (nSPS) is 16.3. The maximum absolute atomic E-state index is 14.0. The summed E-state index contributed by atoms with van der Waals surface area (Å²) in [6.07, 6.45) is 3.80. The van der Waals surface area contributed by atoms with Gasteiger partial charge in [-0.1, -0.05) is 12.1 Å². The van der Waals surface area contributed by atoms with Gasteiger partial charge in [-0.25, -0.2) is 4.39 Å². The zero-order valence-corrected chi connectivity index (χ0v) is 16.3. The minimum Gasteiger partial charge on any atom is -0.418 e. The minimum absolute atomic E-state index is 0.0812. The Kier molecular flexibility index (Phi) is 5.51. The molecule has 1 saturated heterocycles. The van der Waals surface area contributed by atoms with Crippen molar-refractivity contribution in [1.82, 2.24) is 25.4 Å². The zero-order valence-electron chi connectivity index (χ0n) is 16.3. The van der Waals surface area contributed by atoms with E-state index in [2.05, 4.69) is 20.5 Å². The molecule has 1 aliphatic rings. The third-order valence-electron chi connectivity index (χ3n) is 5.06. The first-order valence-corrected chi connectivity index (χ1v) is 9.66. The van der Waals surface area contributed by atoms with Crippen molar-refractivity contribution >= 4 is 11.8 Å². The molecule has 2 aromatic heterocycles. The van der Waals surface area contributed by atoms with Crippen LogP contribution in [0.15, 0.2) is 47.0 Å². The molecule has 9 heteroatoms. The second-order valence-corrected chi connectivity index (χ2v) is 6.95. The molecule has 2 amide bonds. The molecule has 154 valence electrons. The van der Waals surface area contributed by atoms with Crippen LogP contribution in [0.5, 0.6) is 0 Å². The molecule has 1 atom stereocenters. The SMILES string of the molecule is CNC(=O)c1ccc(C(=O)N2CCCC[C@H]2c2nnc(-c3ccccc3F)o2)cn1. The third kappa shape index (κ3) is 3.78. The number of benzene rings is 1. The molecule has 1 N–H and O–H groups in total. The molecule has 3 aromatic rings. The number of nitrogens with one attached hydrogen (secondary N) is 1. The number of aromatic nitrogens is 3. The lowest BCUT2D eigenvalue weighted by Crippen LogP contribution is -2.38. The van der Waals surface area contributed by atoms with Crippen molar-refractivity contribution in [3.63, 3.8) is 0 Å². The number of amides is 2. The Morgan fingerprint density at radius 3 is 2.73 bits per heavy atom. The van der Waals surface area contributed by atoms with E-state index in [-0.39, 0.29) is 34.9 Å². The number of pyridine rings is 1. The van der Waals surface area contributed by atoms with Crippen LogP contribution in [0.2, 0.25) is 0 Å². The molecule has 1 aromatic carbocycles. The maximum atomic E-state index is 14.0. The van der Waals surface area contributed by atoms with Crippen molar-refractivity contribution in [3.8, 4) is 11.5 Å². The van der Waals surface area contributed by atoms with Crippen LogP contribution in [0.4, 0.5) is 4.39 Å². The van der Waals surface area contributed by atoms with Gasteiger partial charge in [0.2, 0.25) is 5.89 Å². The van der Waals surface area contributed by atoms with E-state index in [1.807, 2.05) is 0 Å². The molecule has 3 heterocycles. The molecule has 0 aliphatic carbocycles. The lowest BCUT2D eigenvalue weighted by molar-refractivity contribution is 0.0571. The summed E-state index contributed by atoms with van der Waals surface area (Å²) in [5, 5.41) is 10.6. The number of carbonyl (C=O) groups is 2. The predicted molar refractivity (Wildman–Crippen MR) is 105 cm³/mol. The van der Waals surface area contributed by atoms with E-state index in [4.69, 9.17) is 4.42 Å². The summed E-state index contributed by atoms with van der Waals surface area (Å²) in [6.45, 7) is 0.526. The molecule has 1 fully saturated rings. The van der Waals surface area contributed by atoms with Crippen LogP contribution in [0.25, 0.3) is 11.5 Å². The van der Waals surface area contributed by atoms with Gasteiger partial charge in [0, 0.05) is 19.8 Å². The highest BCUT2D eigenvalue weighted by atomic mass is 19.1. The van der Waals surface area contributed by atoms with E-state index in [1.54, 1.807) is 29.2 Å². The van der Waals surface area contributed by atoms with Gasteiger partial charge >= 0.3 is 0 Å². The summed E-state index contributed by atoms with van der Waals surface area (Å²) in [5.74, 6) is -0.654. The number of likely N-dealkylation sites (tertiary alicyclic amines) is 1. The summed E-state index contributed by atoms with van der Waals surface area (Å²) < 4.78 is 19.8. The van der Waals surface area contributed by atoms with E-state index in [0.717, 1.165) is 12.8 Å². The molecule has 0 unspecified atom stereocenters. The number of halogens is 1. The fraction of sp³-hybridized carbons (Fsp3) is 0.286. The van der Waals surface area contributed by atoms with Crippen LogP contribution in [0.3, 0.4) is 0 Å². The Hall–Kier alpha value is -3.62. The minimum atomic E-state index is -0.452. The van der Waals surface area contributed by atoms with Gasteiger partial charge in [0.1, 0.15) is 17.6 Å². The summed E-state index contributed by atoms with van der Waals surface area (Å²) in [6, 6.07) is 8.84. The number of rotatable bonds is 4. The zero-order chi connectivity index (χ0) is 21.1. The number of nitrogens with zero attached hydrogens (tertiary/aromatic N) is 4. The highest BCUT2D eigenvalue weighted by Crippen LogP contribution is 2.33. The molecule has 8 nitrogen and oxygen atoms in total. The Morgan fingerprint density at radius 1 is 1.17 bits per heavy atom. The fourth-order valence-electron chi connectivity index (χ4n) is 3.49. The average Bonchev–Trinajstić information content (AvgIpc) is 3.28. The number of hydrogen-bond acceptors (Lipinski definition) is 6. The van der Waals surface area contributed by atoms with Crippen LogP contribution < -0.4 is 5.32 Å². The first kappa shape index (κ1) is 19.7. The maximum Gasteiger partial charge on any atom is 0.269 e. The second-order valence-electron chi connectivity index (χ2n) is 6.95. The van der Waals surface area contributed by atoms with E-state index in [1.165, 1.54) is 25.4 Å². The highest BCUT2D eigenvalue weighted by Gasteiger charge is 2.33. The third-order valence-corrected chi connectivity index (χ3v) is 5.06. The molecule has 0 radical (unpaired) electrons. The number of piperidine rings is 1. The van der Waals surface area contributed by atoms with Crippen LogP contribution in [0, 0.1) is 5.82 Å². The molecule has 30 heavy (non-hydrogen) atoms. The number of hydrogen-bond donors (Lipinski definition) is 1. The monoisotopic (exact) mass is 409 g/mol. The van der Waals surface area contributed by atoms with Gasteiger partial charge in [-0.05, 0) is 43.5 Å². The molecular weight excluding hydrogens is 389 g/mol. The predicted octanol–water partition coefficient (Wildman–Crippen LogP) is 3.00. The number of carbonyl (C=O) groups excluding carboxylic acids is 2. The summed E-state index contributed by atoms with van der Waals surface area (Å²) in [5.41, 5.74) is 0.818. The van der Waals surface area contributed by atoms with Crippen molar-refractivity contribution in [2.45, 2.75) is 25.3 Å². The van der Waals surface area contributed by atoms with Gasteiger partial charge < -0.3 is 14.6 Å². The van der Waals surface area contributed by atoms with E-state index in [0.29, 0.717) is 18.5 Å². The van der Waals surface area contributed by atoms with Gasteiger partial charge in [-0.3, -0.25) is 14.6 Å². The quantitative estimate of drug-likeness (QED) is 0.711. The standard InChI is InChI=1S/C21H20FN5O3/c1-23-18(28)16-10-9-13(12-24-16)21(29)27-11-5-4-8-17(27)20-26-25-19(30-20)14-6-2-3-7-15(14)22/h2-3,6-7,9-10,12,17H,4-5,8,11H2,1H3,(H,23,28)/t17-/m0/s1. The van der Waals surface area contributed by atoms with Crippen molar-refractivity contribution in [1.29, 1.82) is 0 Å². The summed E-state index contributed by atoms with van der Waals surface area (Å²) in [4.78, 5) is 30.5. The molecule has 0 saturated carbocycles. The van der Waals surface area contributed by atoms with Gasteiger partial charge in [0.05, 0.1) is 11.1 Å². The fourth-order valence-corrected chi connectivity index (χ4v) is 3.49. The van der Waals surface area contributed by atoms with Crippen LogP contribution >= 0.6 is 0 Å². The van der Waals surface area contributed by atoms with Crippen LogP contribution in [0.1, 0.15) is 52.0 Å². The largest absolute Gasteiger partial charge is 0.418 e. The second kappa shape index (κ2) is 8.40. The molecule has 1 aliphatic heterocycles. The Morgan fingerprint density at radius 2 is 2.00 bits per heavy atom. The van der Waals surface area contributed by atoms with E-state index >= 15 is 0 Å². The Bertz CT molecular complexity index is 1070. The summed E-state index contributed by atoms with van der Waals surface area (Å²) in [7, 11) is 1.52. The van der Waals surface area contributed by atoms with E-state index < -0.39 is 11.9 Å².